The van der Waals surface area contributed by atoms with Crippen LogP contribution >= 0.6 is 0 Å². The van der Waals surface area contributed by atoms with E-state index < -0.39 is 31.5 Å². The Bertz CT molecular complexity index is 1210. The van der Waals surface area contributed by atoms with Crippen molar-refractivity contribution in [2.45, 2.75) is 16.3 Å². The van der Waals surface area contributed by atoms with Gasteiger partial charge in [0.25, 0.3) is 25.7 Å². The van der Waals surface area contributed by atoms with Crippen LogP contribution in [-0.4, -0.2) is 25.5 Å². The molecule has 0 unspecified atom stereocenters. The van der Waals surface area contributed by atoms with Gasteiger partial charge in [-0.1, -0.05) is 52.2 Å². The number of benzene rings is 3. The first-order valence-electron chi connectivity index (χ1n) is 8.34. The summed E-state index contributed by atoms with van der Waals surface area (Å²) in [6.07, 6.45) is 0. The number of rotatable bonds is 7. The molecule has 8 nitrogen and oxygen atoms in total. The fraction of sp³-hybridized carbons (Fsp3) is 0.0526. The molecule has 0 aromatic heterocycles. The Morgan fingerprint density at radius 1 is 0.690 bits per heavy atom. The summed E-state index contributed by atoms with van der Waals surface area (Å²) in [4.78, 5) is 9.62. The Balaban J connectivity index is 2.12. The molecule has 0 atom stereocenters. The Morgan fingerprint density at radius 2 is 1.14 bits per heavy atom. The van der Waals surface area contributed by atoms with E-state index in [9.17, 15) is 26.9 Å². The van der Waals surface area contributed by atoms with Gasteiger partial charge in [-0.3, -0.25) is 10.1 Å². The molecule has 29 heavy (non-hydrogen) atoms. The molecule has 0 saturated carbocycles. The van der Waals surface area contributed by atoms with Gasteiger partial charge < -0.3 is 0 Å². The molecule has 150 valence electrons. The first-order valence-corrected chi connectivity index (χ1v) is 11.2. The highest BCUT2D eigenvalue weighted by Crippen LogP contribution is 2.27. The number of nitrogens with zero attached hydrogens (tertiary/aromatic N) is 2. The van der Waals surface area contributed by atoms with E-state index in [1.165, 1.54) is 24.3 Å². The third-order valence-electron chi connectivity index (χ3n) is 4.08. The van der Waals surface area contributed by atoms with Crippen LogP contribution in [0.5, 0.6) is 0 Å². The molecule has 3 rings (SSSR count). The van der Waals surface area contributed by atoms with E-state index in [1.807, 2.05) is 0 Å². The van der Waals surface area contributed by atoms with Crippen molar-refractivity contribution in [2.24, 2.45) is 0 Å². The van der Waals surface area contributed by atoms with Gasteiger partial charge in [-0.15, -0.1) is 0 Å². The smallest absolute Gasteiger partial charge is 0.258 e. The van der Waals surface area contributed by atoms with Crippen molar-refractivity contribution in [3.05, 3.63) is 101 Å². The molecule has 0 saturated heterocycles. The SMILES string of the molecule is O=[N+]([O-])c1ccc(S(=O)(=O)N(Cc2ccccc2)S(=O)(=O)c2ccccc2)cc1. The zero-order chi connectivity index (χ0) is 21.1. The lowest BCUT2D eigenvalue weighted by Crippen LogP contribution is -2.36. The maximum absolute atomic E-state index is 13.2. The minimum atomic E-state index is -4.52. The lowest BCUT2D eigenvalue weighted by molar-refractivity contribution is -0.384. The van der Waals surface area contributed by atoms with Crippen molar-refractivity contribution in [3.63, 3.8) is 0 Å². The van der Waals surface area contributed by atoms with Crippen molar-refractivity contribution in [1.29, 1.82) is 0 Å². The second-order valence-corrected chi connectivity index (χ2v) is 9.95. The number of nitro benzene ring substituents is 1. The summed E-state index contributed by atoms with van der Waals surface area (Å²) in [6.45, 7) is -0.419. The first-order chi connectivity index (χ1) is 13.7. The average Bonchev–Trinajstić information content (AvgIpc) is 2.73. The maximum Gasteiger partial charge on any atom is 0.269 e. The van der Waals surface area contributed by atoms with Crippen LogP contribution in [0, 0.1) is 10.1 Å². The third-order valence-corrected chi connectivity index (χ3v) is 8.32. The van der Waals surface area contributed by atoms with E-state index in [4.69, 9.17) is 0 Å². The molecular formula is C19H16N2O6S2. The summed E-state index contributed by atoms with van der Waals surface area (Å²) in [5.41, 5.74) is 0.168. The highest BCUT2D eigenvalue weighted by Gasteiger charge is 2.36. The fourth-order valence-corrected chi connectivity index (χ4v) is 6.24. The standard InChI is InChI=1S/C19H16N2O6S2/c22-21(23)17-11-13-19(14-12-17)29(26,27)20(15-16-7-3-1-4-8-16)28(24,25)18-9-5-2-6-10-18/h1-14H,15H2. The molecule has 0 aliphatic carbocycles. The molecule has 0 bridgehead atoms. The normalized spacial score (nSPS) is 12.0. The van der Waals surface area contributed by atoms with Crippen LogP contribution in [0.3, 0.4) is 0 Å². The summed E-state index contributed by atoms with van der Waals surface area (Å²) in [6, 6.07) is 19.6. The molecule has 0 aliphatic rings. The van der Waals surface area contributed by atoms with Gasteiger partial charge in [-0.2, -0.15) is 0 Å². The number of hydrogen-bond donors (Lipinski definition) is 0. The Hall–Kier alpha value is -3.08. The summed E-state index contributed by atoms with van der Waals surface area (Å²) in [7, 11) is -8.94. The molecule has 3 aromatic rings. The van der Waals surface area contributed by atoms with Crippen molar-refractivity contribution < 1.29 is 21.8 Å². The van der Waals surface area contributed by atoms with Crippen molar-refractivity contribution in [3.8, 4) is 0 Å². The summed E-state index contributed by atoms with van der Waals surface area (Å²) in [5.74, 6) is 0. The molecule has 0 aliphatic heterocycles. The van der Waals surface area contributed by atoms with Gasteiger partial charge in [0, 0.05) is 12.1 Å². The molecule has 3 aromatic carbocycles. The average molecular weight is 432 g/mol. The zero-order valence-electron chi connectivity index (χ0n) is 15.0. The van der Waals surface area contributed by atoms with Crippen LogP contribution in [0.4, 0.5) is 5.69 Å². The highest BCUT2D eigenvalue weighted by atomic mass is 32.3. The molecular weight excluding hydrogens is 416 g/mol. The molecule has 0 spiro atoms. The minimum absolute atomic E-state index is 0.179. The predicted molar refractivity (Wildman–Crippen MR) is 106 cm³/mol. The summed E-state index contributed by atoms with van der Waals surface area (Å²) >= 11 is 0. The summed E-state index contributed by atoms with van der Waals surface area (Å²) < 4.78 is 53.2. The van der Waals surface area contributed by atoms with Gasteiger partial charge in [0.05, 0.1) is 21.3 Å². The second-order valence-electron chi connectivity index (χ2n) is 5.99. The third kappa shape index (κ3) is 4.34. The Morgan fingerprint density at radius 3 is 1.62 bits per heavy atom. The maximum atomic E-state index is 13.2. The first kappa shape index (κ1) is 20.6. The van der Waals surface area contributed by atoms with Crippen molar-refractivity contribution >= 4 is 25.7 Å². The molecule has 0 radical (unpaired) electrons. The van der Waals surface area contributed by atoms with Crippen molar-refractivity contribution in [1.82, 2.24) is 3.71 Å². The van der Waals surface area contributed by atoms with E-state index in [2.05, 4.69) is 0 Å². The van der Waals surface area contributed by atoms with E-state index in [1.54, 1.807) is 36.4 Å². The van der Waals surface area contributed by atoms with Gasteiger partial charge in [-0.05, 0) is 29.8 Å². The van der Waals surface area contributed by atoms with Gasteiger partial charge >= 0.3 is 0 Å². The van der Waals surface area contributed by atoms with Gasteiger partial charge in [0.2, 0.25) is 0 Å². The Kier molecular flexibility index (Phi) is 5.78. The second kappa shape index (κ2) is 8.11. The molecule has 10 heteroatoms. The Labute approximate surface area is 168 Å². The molecule has 0 N–H and O–H groups in total. The molecule has 0 amide bonds. The van der Waals surface area contributed by atoms with E-state index in [0.717, 1.165) is 24.3 Å². The quantitative estimate of drug-likeness (QED) is 0.418. The molecule has 0 fully saturated rings. The number of hydrogen-bond acceptors (Lipinski definition) is 6. The van der Waals surface area contributed by atoms with Gasteiger partial charge in [0.1, 0.15) is 0 Å². The fourth-order valence-electron chi connectivity index (χ4n) is 2.60. The van der Waals surface area contributed by atoms with Crippen LogP contribution in [0.25, 0.3) is 0 Å². The number of nitro groups is 1. The predicted octanol–water partition coefficient (Wildman–Crippen LogP) is 3.17. The van der Waals surface area contributed by atoms with Crippen LogP contribution in [0.1, 0.15) is 5.56 Å². The largest absolute Gasteiger partial charge is 0.269 e. The van der Waals surface area contributed by atoms with Crippen LogP contribution < -0.4 is 0 Å². The highest BCUT2D eigenvalue weighted by molar-refractivity contribution is 8.04. The summed E-state index contributed by atoms with van der Waals surface area (Å²) in [5, 5.41) is 10.8. The van der Waals surface area contributed by atoms with Crippen LogP contribution in [0.2, 0.25) is 0 Å². The van der Waals surface area contributed by atoms with E-state index in [-0.39, 0.29) is 15.5 Å². The van der Waals surface area contributed by atoms with Crippen LogP contribution in [0.15, 0.2) is 94.7 Å². The van der Waals surface area contributed by atoms with E-state index >= 15 is 0 Å². The van der Waals surface area contributed by atoms with E-state index in [0.29, 0.717) is 9.27 Å². The topological polar surface area (TPSA) is 115 Å². The minimum Gasteiger partial charge on any atom is -0.258 e. The lowest BCUT2D eigenvalue weighted by atomic mass is 10.2. The number of sulfonamides is 2. The number of non-ortho nitro benzene ring substituents is 1. The lowest BCUT2D eigenvalue weighted by Gasteiger charge is -2.22. The monoisotopic (exact) mass is 432 g/mol. The van der Waals surface area contributed by atoms with Gasteiger partial charge in [0.15, 0.2) is 0 Å². The van der Waals surface area contributed by atoms with Gasteiger partial charge in [-0.25, -0.2) is 16.8 Å². The molecule has 0 heterocycles. The van der Waals surface area contributed by atoms with Crippen LogP contribution in [-0.2, 0) is 26.6 Å². The van der Waals surface area contributed by atoms with Crippen molar-refractivity contribution in [2.75, 3.05) is 0 Å². The zero-order valence-corrected chi connectivity index (χ0v) is 16.6.